The van der Waals surface area contributed by atoms with Gasteiger partial charge in [0.25, 0.3) is 0 Å². The predicted molar refractivity (Wildman–Crippen MR) is 70.8 cm³/mol. The molecular formula is C11H20N4OS. The van der Waals surface area contributed by atoms with Crippen LogP contribution in [0.15, 0.2) is 18.5 Å². The van der Waals surface area contributed by atoms with Crippen molar-refractivity contribution in [3.05, 3.63) is 18.5 Å². The second-order valence-electron chi connectivity index (χ2n) is 4.03. The number of rotatable bonds is 7. The molecule has 0 radical (unpaired) electrons. The minimum absolute atomic E-state index is 0.0303. The number of carbonyl (C=O) groups is 1. The van der Waals surface area contributed by atoms with E-state index in [0.29, 0.717) is 13.0 Å². The maximum absolute atomic E-state index is 11.7. The largest absolute Gasteiger partial charge is 0.350 e. The standard InChI is InChI=1S/C11H20N4OS/c1-9(8-15-6-3-5-13-15)14-11(16)10(12)4-7-17-2/h3,5-6,9-10H,4,7-8,12H2,1-2H3,(H,14,16)/t9?,10-/m0/s1. The molecule has 1 aromatic rings. The molecule has 0 aromatic carbocycles. The molecule has 0 saturated heterocycles. The number of hydrogen-bond acceptors (Lipinski definition) is 4. The minimum atomic E-state index is -0.414. The third-order valence-corrected chi connectivity index (χ3v) is 3.02. The molecule has 0 fully saturated rings. The van der Waals surface area contributed by atoms with Gasteiger partial charge >= 0.3 is 0 Å². The molecule has 3 N–H and O–H groups in total. The number of amides is 1. The van der Waals surface area contributed by atoms with E-state index in [1.807, 2.05) is 25.4 Å². The maximum Gasteiger partial charge on any atom is 0.237 e. The van der Waals surface area contributed by atoms with E-state index >= 15 is 0 Å². The topological polar surface area (TPSA) is 72.9 Å². The van der Waals surface area contributed by atoms with Crippen molar-refractivity contribution in [2.75, 3.05) is 12.0 Å². The number of nitrogens with zero attached hydrogens (tertiary/aromatic N) is 2. The summed E-state index contributed by atoms with van der Waals surface area (Å²) >= 11 is 1.70. The Hall–Kier alpha value is -1.01. The highest BCUT2D eigenvalue weighted by molar-refractivity contribution is 7.98. The summed E-state index contributed by atoms with van der Waals surface area (Å²) in [5.74, 6) is 0.820. The Bertz CT molecular complexity index is 328. The van der Waals surface area contributed by atoms with E-state index in [-0.39, 0.29) is 11.9 Å². The molecule has 1 rings (SSSR count). The van der Waals surface area contributed by atoms with Crippen LogP contribution >= 0.6 is 11.8 Å². The Labute approximate surface area is 106 Å². The molecule has 96 valence electrons. The molecule has 2 atom stereocenters. The summed E-state index contributed by atoms with van der Waals surface area (Å²) in [4.78, 5) is 11.7. The van der Waals surface area contributed by atoms with Crippen molar-refractivity contribution in [3.63, 3.8) is 0 Å². The van der Waals surface area contributed by atoms with E-state index in [4.69, 9.17) is 5.73 Å². The Morgan fingerprint density at radius 2 is 2.41 bits per heavy atom. The number of carbonyl (C=O) groups excluding carboxylic acids is 1. The second kappa shape index (κ2) is 7.34. The maximum atomic E-state index is 11.7. The van der Waals surface area contributed by atoms with Gasteiger partial charge in [0, 0.05) is 18.4 Å². The number of aromatic nitrogens is 2. The molecular weight excluding hydrogens is 236 g/mol. The van der Waals surface area contributed by atoms with Gasteiger partial charge in [-0.15, -0.1) is 0 Å². The zero-order valence-electron chi connectivity index (χ0n) is 10.3. The second-order valence-corrected chi connectivity index (χ2v) is 5.01. The number of nitrogens with two attached hydrogens (primary N) is 1. The average molecular weight is 256 g/mol. The molecule has 0 spiro atoms. The number of hydrogen-bond donors (Lipinski definition) is 2. The fraction of sp³-hybridized carbons (Fsp3) is 0.636. The van der Waals surface area contributed by atoms with Gasteiger partial charge < -0.3 is 11.1 Å². The van der Waals surface area contributed by atoms with Crippen LogP contribution in [0.4, 0.5) is 0 Å². The highest BCUT2D eigenvalue weighted by Crippen LogP contribution is 1.99. The average Bonchev–Trinajstić information content (AvgIpc) is 2.78. The Morgan fingerprint density at radius 1 is 1.65 bits per heavy atom. The lowest BCUT2D eigenvalue weighted by Crippen LogP contribution is -2.46. The van der Waals surface area contributed by atoms with Gasteiger partial charge in [-0.25, -0.2) is 0 Å². The van der Waals surface area contributed by atoms with E-state index in [1.54, 1.807) is 22.6 Å². The summed E-state index contributed by atoms with van der Waals surface area (Å²) < 4.78 is 1.79. The molecule has 0 aliphatic heterocycles. The smallest absolute Gasteiger partial charge is 0.237 e. The van der Waals surface area contributed by atoms with E-state index < -0.39 is 6.04 Å². The van der Waals surface area contributed by atoms with Crippen molar-refractivity contribution >= 4 is 17.7 Å². The Balaban J connectivity index is 2.30. The van der Waals surface area contributed by atoms with Gasteiger partial charge in [-0.2, -0.15) is 16.9 Å². The van der Waals surface area contributed by atoms with Crippen molar-refractivity contribution < 1.29 is 4.79 Å². The van der Waals surface area contributed by atoms with Gasteiger partial charge in [-0.05, 0) is 31.4 Å². The third-order valence-electron chi connectivity index (χ3n) is 2.38. The monoisotopic (exact) mass is 256 g/mol. The van der Waals surface area contributed by atoms with Gasteiger partial charge in [-0.3, -0.25) is 9.48 Å². The lowest BCUT2D eigenvalue weighted by atomic mass is 10.2. The molecule has 1 amide bonds. The molecule has 0 aliphatic carbocycles. The predicted octanol–water partition coefficient (Wildman–Crippen LogP) is 0.468. The van der Waals surface area contributed by atoms with Crippen LogP contribution in [0, 0.1) is 0 Å². The summed E-state index contributed by atoms with van der Waals surface area (Å²) in [7, 11) is 0. The molecule has 1 heterocycles. The zero-order chi connectivity index (χ0) is 12.7. The van der Waals surface area contributed by atoms with Crippen LogP contribution in [0.3, 0.4) is 0 Å². The summed E-state index contributed by atoms with van der Waals surface area (Å²) in [6.45, 7) is 2.61. The van der Waals surface area contributed by atoms with Gasteiger partial charge in [0.15, 0.2) is 0 Å². The van der Waals surface area contributed by atoms with E-state index in [9.17, 15) is 4.79 Å². The lowest BCUT2D eigenvalue weighted by molar-refractivity contribution is -0.123. The van der Waals surface area contributed by atoms with E-state index in [0.717, 1.165) is 5.75 Å². The quantitative estimate of drug-likeness (QED) is 0.744. The summed E-state index contributed by atoms with van der Waals surface area (Å²) in [6.07, 6.45) is 6.31. The molecule has 1 unspecified atom stereocenters. The van der Waals surface area contributed by atoms with Crippen molar-refractivity contribution in [2.24, 2.45) is 5.73 Å². The third kappa shape index (κ3) is 5.23. The number of thioether (sulfide) groups is 1. The summed E-state index contributed by atoms with van der Waals surface area (Å²) in [5, 5.41) is 6.98. The van der Waals surface area contributed by atoms with Crippen LogP contribution in [-0.2, 0) is 11.3 Å². The van der Waals surface area contributed by atoms with Crippen LogP contribution in [0.5, 0.6) is 0 Å². The lowest BCUT2D eigenvalue weighted by Gasteiger charge is -2.17. The van der Waals surface area contributed by atoms with E-state index in [2.05, 4.69) is 10.4 Å². The fourth-order valence-electron chi connectivity index (χ4n) is 1.46. The Morgan fingerprint density at radius 3 is 3.00 bits per heavy atom. The summed E-state index contributed by atoms with van der Waals surface area (Å²) in [5.41, 5.74) is 5.78. The molecule has 17 heavy (non-hydrogen) atoms. The van der Waals surface area contributed by atoms with Crippen molar-refractivity contribution in [1.29, 1.82) is 0 Å². The van der Waals surface area contributed by atoms with Gasteiger partial charge in [0.1, 0.15) is 0 Å². The van der Waals surface area contributed by atoms with Gasteiger partial charge in [-0.1, -0.05) is 0 Å². The SMILES string of the molecule is CSCC[C@H](N)C(=O)NC(C)Cn1cccn1. The van der Waals surface area contributed by atoms with Crippen LogP contribution in [0.2, 0.25) is 0 Å². The first-order valence-corrected chi connectivity index (χ1v) is 7.05. The first-order valence-electron chi connectivity index (χ1n) is 5.65. The Kier molecular flexibility index (Phi) is 6.07. The molecule has 1 aromatic heterocycles. The molecule has 5 nitrogen and oxygen atoms in total. The fourth-order valence-corrected chi connectivity index (χ4v) is 1.95. The first-order chi connectivity index (χ1) is 8.13. The molecule has 0 bridgehead atoms. The molecule has 6 heteroatoms. The highest BCUT2D eigenvalue weighted by atomic mass is 32.2. The minimum Gasteiger partial charge on any atom is -0.350 e. The zero-order valence-corrected chi connectivity index (χ0v) is 11.1. The van der Waals surface area contributed by atoms with Crippen molar-refractivity contribution in [2.45, 2.75) is 32.0 Å². The summed E-state index contributed by atoms with van der Waals surface area (Å²) in [6, 6.07) is 1.48. The van der Waals surface area contributed by atoms with Gasteiger partial charge in [0.2, 0.25) is 5.91 Å². The van der Waals surface area contributed by atoms with Crippen molar-refractivity contribution in [1.82, 2.24) is 15.1 Å². The van der Waals surface area contributed by atoms with Gasteiger partial charge in [0.05, 0.1) is 12.6 Å². The van der Waals surface area contributed by atoms with Crippen LogP contribution in [0.25, 0.3) is 0 Å². The van der Waals surface area contributed by atoms with E-state index in [1.165, 1.54) is 0 Å². The highest BCUT2D eigenvalue weighted by Gasteiger charge is 2.15. The number of nitrogens with one attached hydrogen (secondary N) is 1. The molecule has 0 saturated carbocycles. The molecule has 0 aliphatic rings. The van der Waals surface area contributed by atoms with Crippen molar-refractivity contribution in [3.8, 4) is 0 Å². The first kappa shape index (κ1) is 14.1. The van der Waals surface area contributed by atoms with Crippen LogP contribution in [0.1, 0.15) is 13.3 Å². The van der Waals surface area contributed by atoms with Crippen LogP contribution < -0.4 is 11.1 Å². The van der Waals surface area contributed by atoms with Crippen LogP contribution in [-0.4, -0.2) is 39.8 Å². The normalized spacial score (nSPS) is 14.3.